The van der Waals surface area contributed by atoms with E-state index in [0.717, 1.165) is 0 Å². The maximum Gasteiger partial charge on any atom is 0.393 e. The fraction of sp³-hybridized carbons (Fsp3) is 0.533. The first-order valence-electron chi connectivity index (χ1n) is 7.34. The Bertz CT molecular complexity index is 650. The zero-order chi connectivity index (χ0) is 17.5. The summed E-state index contributed by atoms with van der Waals surface area (Å²) in [6, 6.07) is 3.39. The van der Waals surface area contributed by atoms with E-state index in [4.69, 9.17) is 19.9 Å². The van der Waals surface area contributed by atoms with Gasteiger partial charge < -0.3 is 19.9 Å². The Hall–Kier alpha value is -2.16. The number of alkyl halides is 3. The van der Waals surface area contributed by atoms with Gasteiger partial charge in [-0.3, -0.25) is 9.69 Å². The van der Waals surface area contributed by atoms with Crippen LogP contribution in [-0.4, -0.2) is 44.0 Å². The van der Waals surface area contributed by atoms with Gasteiger partial charge in [-0.15, -0.1) is 0 Å². The molecule has 2 N–H and O–H groups in total. The molecule has 0 spiro atoms. The number of hydrogen-bond acceptors (Lipinski definition) is 5. The summed E-state index contributed by atoms with van der Waals surface area (Å²) < 4.78 is 55.1. The van der Waals surface area contributed by atoms with Gasteiger partial charge in [0.2, 0.25) is 18.4 Å². The smallest absolute Gasteiger partial charge is 0.393 e. The molecule has 1 saturated heterocycles. The van der Waals surface area contributed by atoms with Crippen molar-refractivity contribution in [1.29, 1.82) is 0 Å². The summed E-state index contributed by atoms with van der Waals surface area (Å²) in [6.45, 7) is -0.00769. The highest BCUT2D eigenvalue weighted by molar-refractivity contribution is 5.77. The lowest BCUT2D eigenvalue weighted by molar-refractivity contribution is -0.182. The van der Waals surface area contributed by atoms with Crippen LogP contribution >= 0.6 is 0 Å². The van der Waals surface area contributed by atoms with Crippen molar-refractivity contribution < 1.29 is 32.2 Å². The normalized spacial score (nSPS) is 23.5. The van der Waals surface area contributed by atoms with Crippen molar-refractivity contribution in [3.8, 4) is 17.2 Å². The SMILES string of the molecule is COc1cc(CN2C[C@@H](C(F)(F)F)[C@H](C(N)=O)C2)cc2c1OCO2. The molecule has 6 nitrogen and oxygen atoms in total. The van der Waals surface area contributed by atoms with Crippen molar-refractivity contribution in [3.63, 3.8) is 0 Å². The molecule has 3 rings (SSSR count). The third-order valence-corrected chi connectivity index (χ3v) is 4.31. The number of nitrogens with zero attached hydrogens (tertiary/aromatic N) is 1. The Morgan fingerprint density at radius 3 is 2.71 bits per heavy atom. The van der Waals surface area contributed by atoms with Crippen LogP contribution in [0.1, 0.15) is 5.56 Å². The number of ether oxygens (including phenoxy) is 3. The van der Waals surface area contributed by atoms with E-state index in [2.05, 4.69) is 0 Å². The molecule has 1 fully saturated rings. The summed E-state index contributed by atoms with van der Waals surface area (Å²) >= 11 is 0. The number of amides is 1. The number of halogens is 3. The Balaban J connectivity index is 1.79. The number of nitrogens with two attached hydrogens (primary N) is 1. The predicted molar refractivity (Wildman–Crippen MR) is 76.6 cm³/mol. The molecular formula is C15H17F3N2O4. The lowest BCUT2D eigenvalue weighted by atomic mass is 9.95. The van der Waals surface area contributed by atoms with E-state index in [9.17, 15) is 18.0 Å². The lowest BCUT2D eigenvalue weighted by Crippen LogP contribution is -2.37. The van der Waals surface area contributed by atoms with Gasteiger partial charge in [0.1, 0.15) is 0 Å². The fourth-order valence-electron chi connectivity index (χ4n) is 3.17. The fourth-order valence-corrected chi connectivity index (χ4v) is 3.17. The third-order valence-electron chi connectivity index (χ3n) is 4.31. The van der Waals surface area contributed by atoms with Gasteiger partial charge in [0.25, 0.3) is 0 Å². The number of hydrogen-bond donors (Lipinski definition) is 1. The Morgan fingerprint density at radius 2 is 2.12 bits per heavy atom. The summed E-state index contributed by atoms with van der Waals surface area (Å²) in [5, 5.41) is 0. The van der Waals surface area contributed by atoms with Crippen LogP contribution in [0.2, 0.25) is 0 Å². The van der Waals surface area contributed by atoms with Gasteiger partial charge in [-0.25, -0.2) is 0 Å². The quantitative estimate of drug-likeness (QED) is 0.895. The van der Waals surface area contributed by atoms with Crippen LogP contribution < -0.4 is 19.9 Å². The Kier molecular flexibility index (Phi) is 4.20. The molecule has 0 unspecified atom stereocenters. The molecule has 0 aromatic heterocycles. The maximum atomic E-state index is 13.1. The highest BCUT2D eigenvalue weighted by Gasteiger charge is 2.51. The van der Waals surface area contributed by atoms with Crippen LogP contribution in [0.25, 0.3) is 0 Å². The Morgan fingerprint density at radius 1 is 1.38 bits per heavy atom. The highest BCUT2D eigenvalue weighted by atomic mass is 19.4. The van der Waals surface area contributed by atoms with Crippen molar-refractivity contribution in [3.05, 3.63) is 17.7 Å². The monoisotopic (exact) mass is 346 g/mol. The van der Waals surface area contributed by atoms with Gasteiger partial charge in [0, 0.05) is 19.6 Å². The zero-order valence-corrected chi connectivity index (χ0v) is 12.9. The van der Waals surface area contributed by atoms with Crippen molar-refractivity contribution in [2.45, 2.75) is 12.7 Å². The van der Waals surface area contributed by atoms with Gasteiger partial charge in [-0.1, -0.05) is 0 Å². The molecule has 1 aromatic carbocycles. The van der Waals surface area contributed by atoms with Gasteiger partial charge in [0.05, 0.1) is 18.9 Å². The van der Waals surface area contributed by atoms with Crippen molar-refractivity contribution in [2.24, 2.45) is 17.6 Å². The highest BCUT2D eigenvalue weighted by Crippen LogP contribution is 2.43. The number of benzene rings is 1. The third kappa shape index (κ3) is 3.08. The maximum absolute atomic E-state index is 13.1. The molecule has 132 valence electrons. The largest absolute Gasteiger partial charge is 0.493 e. The number of primary amides is 1. The van der Waals surface area contributed by atoms with Crippen LogP contribution in [0, 0.1) is 11.8 Å². The molecule has 1 amide bonds. The molecule has 0 saturated carbocycles. The van der Waals surface area contributed by atoms with Crippen molar-refractivity contribution in [2.75, 3.05) is 27.0 Å². The number of methoxy groups -OCH3 is 1. The van der Waals surface area contributed by atoms with E-state index in [1.165, 1.54) is 7.11 Å². The molecule has 0 radical (unpaired) electrons. The van der Waals surface area contributed by atoms with Crippen LogP contribution in [0.5, 0.6) is 17.2 Å². The minimum absolute atomic E-state index is 0.0315. The van der Waals surface area contributed by atoms with Crippen molar-refractivity contribution >= 4 is 5.91 Å². The van der Waals surface area contributed by atoms with E-state index < -0.39 is 23.9 Å². The minimum Gasteiger partial charge on any atom is -0.493 e. The molecular weight excluding hydrogens is 329 g/mol. The summed E-state index contributed by atoms with van der Waals surface area (Å²) in [7, 11) is 1.47. The zero-order valence-electron chi connectivity index (χ0n) is 12.9. The number of carbonyl (C=O) groups is 1. The second-order valence-corrected chi connectivity index (χ2v) is 5.88. The van der Waals surface area contributed by atoms with Gasteiger partial charge >= 0.3 is 6.18 Å². The molecule has 9 heteroatoms. The molecule has 2 aliphatic heterocycles. The van der Waals surface area contributed by atoms with Crippen LogP contribution in [0.15, 0.2) is 12.1 Å². The van der Waals surface area contributed by atoms with Crippen LogP contribution in [0.4, 0.5) is 13.2 Å². The molecule has 0 aliphatic carbocycles. The lowest BCUT2D eigenvalue weighted by Gasteiger charge is -2.19. The minimum atomic E-state index is -4.46. The molecule has 2 aliphatic rings. The number of carbonyl (C=O) groups excluding carboxylic acids is 1. The predicted octanol–water partition coefficient (Wildman–Crippen LogP) is 1.52. The summed E-state index contributed by atoms with van der Waals surface area (Å²) in [4.78, 5) is 12.9. The topological polar surface area (TPSA) is 74.0 Å². The molecule has 1 aromatic rings. The standard InChI is InChI=1S/C15H17F3N2O4/c1-22-11-2-8(3-12-13(11)24-7-23-12)4-20-5-9(14(19)21)10(6-20)15(16,17)18/h2-3,9-10H,4-7H2,1H3,(H2,19,21)/t9-,10-/m1/s1. The van der Waals surface area contributed by atoms with Crippen LogP contribution in [0.3, 0.4) is 0 Å². The van der Waals surface area contributed by atoms with Gasteiger partial charge in [-0.05, 0) is 17.7 Å². The average molecular weight is 346 g/mol. The number of fused-ring (bicyclic) bond motifs is 1. The van der Waals surface area contributed by atoms with Crippen LogP contribution in [-0.2, 0) is 11.3 Å². The second-order valence-electron chi connectivity index (χ2n) is 5.88. The number of rotatable bonds is 4. The van der Waals surface area contributed by atoms with Gasteiger partial charge in [-0.2, -0.15) is 13.2 Å². The number of likely N-dealkylation sites (tertiary alicyclic amines) is 1. The molecule has 2 atom stereocenters. The van der Waals surface area contributed by atoms with Crippen molar-refractivity contribution in [1.82, 2.24) is 4.90 Å². The van der Waals surface area contributed by atoms with E-state index in [0.29, 0.717) is 22.8 Å². The van der Waals surface area contributed by atoms with E-state index in [-0.39, 0.29) is 26.4 Å². The summed E-state index contributed by atoms with van der Waals surface area (Å²) in [5.41, 5.74) is 5.85. The molecule has 24 heavy (non-hydrogen) atoms. The first-order valence-corrected chi connectivity index (χ1v) is 7.34. The molecule has 0 bridgehead atoms. The average Bonchev–Trinajstić information content (AvgIpc) is 3.12. The first-order chi connectivity index (χ1) is 11.3. The summed E-state index contributed by atoms with van der Waals surface area (Å²) in [5.74, 6) is -2.49. The summed E-state index contributed by atoms with van der Waals surface area (Å²) in [6.07, 6.45) is -4.46. The van der Waals surface area contributed by atoms with E-state index >= 15 is 0 Å². The van der Waals surface area contributed by atoms with Gasteiger partial charge in [0.15, 0.2) is 11.5 Å². The van der Waals surface area contributed by atoms with E-state index in [1.54, 1.807) is 17.0 Å². The molecule has 2 heterocycles. The first kappa shape index (κ1) is 16.7. The Labute approximate surface area is 136 Å². The van der Waals surface area contributed by atoms with E-state index in [1.807, 2.05) is 0 Å². The second kappa shape index (κ2) is 6.04.